The van der Waals surface area contributed by atoms with Crippen LogP contribution < -0.4 is 0 Å². The minimum atomic E-state index is 0. The van der Waals surface area contributed by atoms with Gasteiger partial charge in [-0.15, -0.1) is 12.8 Å². The summed E-state index contributed by atoms with van der Waals surface area (Å²) in [7, 11) is 0. The largest absolute Gasteiger partial charge is 2.00 e. The van der Waals surface area contributed by atoms with Gasteiger partial charge in [0.15, 0.2) is 0 Å². The fourth-order valence-corrected chi connectivity index (χ4v) is 2.26. The van der Waals surface area contributed by atoms with E-state index in [1.54, 1.807) is 0 Å². The SMILES string of the molecule is [C-]1=CC=CC1.[C-]1=CC=CC1.[Zr+2].c1ccc(CCc2ccccc2)cc1. The van der Waals surface area contributed by atoms with Crippen LogP contribution in [0, 0.1) is 12.2 Å². The average molecular weight is 404 g/mol. The Morgan fingerprint density at radius 3 is 1.24 bits per heavy atom. The predicted molar refractivity (Wildman–Crippen MR) is 103 cm³/mol. The van der Waals surface area contributed by atoms with E-state index < -0.39 is 0 Å². The van der Waals surface area contributed by atoms with Crippen molar-refractivity contribution >= 4 is 0 Å². The molecule has 0 bridgehead atoms. The topological polar surface area (TPSA) is 0 Å². The number of hydrogen-bond donors (Lipinski definition) is 0. The number of allylic oxidation sites excluding steroid dienone is 8. The Balaban J connectivity index is 0.000000233. The molecule has 0 N–H and O–H groups in total. The van der Waals surface area contributed by atoms with Gasteiger partial charge < -0.3 is 0 Å². The van der Waals surface area contributed by atoms with Crippen molar-refractivity contribution in [3.8, 4) is 0 Å². The molecular formula is C24H24Zr. The van der Waals surface area contributed by atoms with E-state index in [0.717, 1.165) is 25.7 Å². The summed E-state index contributed by atoms with van der Waals surface area (Å²) in [5.41, 5.74) is 2.83. The molecule has 0 fully saturated rings. The number of aryl methyl sites for hydroxylation is 2. The van der Waals surface area contributed by atoms with Crippen LogP contribution in [0.4, 0.5) is 0 Å². The second-order valence-corrected chi connectivity index (χ2v) is 5.48. The standard InChI is InChI=1S/C14H14.2C5H5.Zr/c1-3-7-13(8-4-1)11-12-14-9-5-2-6-10-14;2*1-2-4-5-3-1;/h1-10H,11-12H2;2*1-3H,4H2;/q;2*-1;+2. The van der Waals surface area contributed by atoms with Crippen molar-refractivity contribution < 1.29 is 26.2 Å². The molecule has 0 aliphatic heterocycles. The van der Waals surface area contributed by atoms with Crippen LogP contribution in [-0.4, -0.2) is 0 Å². The molecule has 0 saturated heterocycles. The molecule has 124 valence electrons. The van der Waals surface area contributed by atoms with Crippen LogP contribution >= 0.6 is 0 Å². The third kappa shape index (κ3) is 10.7. The van der Waals surface area contributed by atoms with Gasteiger partial charge in [0.25, 0.3) is 0 Å². The maximum absolute atomic E-state index is 2.99. The maximum atomic E-state index is 2.99. The number of benzene rings is 2. The van der Waals surface area contributed by atoms with Crippen molar-refractivity contribution in [3.05, 3.63) is 120 Å². The molecule has 0 heterocycles. The molecule has 0 amide bonds. The predicted octanol–water partition coefficient (Wildman–Crippen LogP) is 6.08. The quantitative estimate of drug-likeness (QED) is 0.545. The summed E-state index contributed by atoms with van der Waals surface area (Å²) in [4.78, 5) is 0. The normalized spacial score (nSPS) is 12.6. The molecule has 0 aromatic heterocycles. The van der Waals surface area contributed by atoms with Crippen LogP contribution in [0.15, 0.2) is 97.1 Å². The minimum absolute atomic E-state index is 0. The summed E-state index contributed by atoms with van der Waals surface area (Å²) < 4.78 is 0. The first kappa shape index (κ1) is 21.3. The molecule has 0 atom stereocenters. The van der Waals surface area contributed by atoms with Gasteiger partial charge in [-0.3, -0.25) is 12.2 Å². The van der Waals surface area contributed by atoms with Crippen molar-refractivity contribution in [1.82, 2.24) is 0 Å². The average Bonchev–Trinajstić information content (AvgIpc) is 3.40. The first-order valence-electron chi connectivity index (χ1n) is 8.46. The molecule has 1 heteroatoms. The van der Waals surface area contributed by atoms with Gasteiger partial charge in [-0.1, -0.05) is 60.7 Å². The second kappa shape index (κ2) is 14.6. The molecule has 2 aliphatic rings. The minimum Gasteiger partial charge on any atom is -0.273 e. The maximum Gasteiger partial charge on any atom is 2.00 e. The molecule has 0 nitrogen and oxygen atoms in total. The van der Waals surface area contributed by atoms with E-state index in [4.69, 9.17) is 0 Å². The molecule has 0 spiro atoms. The third-order valence-electron chi connectivity index (χ3n) is 3.56. The van der Waals surface area contributed by atoms with Crippen LogP contribution in [0.5, 0.6) is 0 Å². The Hall–Kier alpha value is -1.72. The Kier molecular flexibility index (Phi) is 12.5. The van der Waals surface area contributed by atoms with Gasteiger partial charge in [-0.25, -0.2) is 24.3 Å². The van der Waals surface area contributed by atoms with Crippen molar-refractivity contribution in [3.63, 3.8) is 0 Å². The fourth-order valence-electron chi connectivity index (χ4n) is 2.26. The molecular weight excluding hydrogens is 379 g/mol. The number of hydrogen-bond acceptors (Lipinski definition) is 0. The molecule has 2 aliphatic carbocycles. The molecule has 0 radical (unpaired) electrons. The Labute approximate surface area is 171 Å². The Morgan fingerprint density at radius 1 is 0.600 bits per heavy atom. The van der Waals surface area contributed by atoms with E-state index in [2.05, 4.69) is 85.0 Å². The van der Waals surface area contributed by atoms with E-state index in [1.807, 2.05) is 24.3 Å². The van der Waals surface area contributed by atoms with Gasteiger partial charge in [0.1, 0.15) is 0 Å². The van der Waals surface area contributed by atoms with Crippen molar-refractivity contribution in [2.24, 2.45) is 0 Å². The fraction of sp³-hybridized carbons (Fsp3) is 0.167. The van der Waals surface area contributed by atoms with Crippen LogP contribution in [-0.2, 0) is 39.0 Å². The van der Waals surface area contributed by atoms with Crippen molar-refractivity contribution in [1.29, 1.82) is 0 Å². The Morgan fingerprint density at radius 2 is 1.00 bits per heavy atom. The molecule has 2 aromatic carbocycles. The van der Waals surface area contributed by atoms with Crippen LogP contribution in [0.25, 0.3) is 0 Å². The first-order chi connectivity index (χ1) is 11.9. The van der Waals surface area contributed by atoms with E-state index in [0.29, 0.717) is 0 Å². The van der Waals surface area contributed by atoms with E-state index in [-0.39, 0.29) is 26.2 Å². The van der Waals surface area contributed by atoms with Gasteiger partial charge in [-0.05, 0) is 24.0 Å². The summed E-state index contributed by atoms with van der Waals surface area (Å²) in [5, 5.41) is 0. The van der Waals surface area contributed by atoms with Gasteiger partial charge in [0, 0.05) is 0 Å². The number of rotatable bonds is 3. The first-order valence-corrected chi connectivity index (χ1v) is 8.46. The summed E-state index contributed by atoms with van der Waals surface area (Å²) in [6, 6.07) is 21.2. The molecule has 25 heavy (non-hydrogen) atoms. The summed E-state index contributed by atoms with van der Waals surface area (Å²) in [6.45, 7) is 0. The molecule has 2 aromatic rings. The summed E-state index contributed by atoms with van der Waals surface area (Å²) in [5.74, 6) is 0. The van der Waals surface area contributed by atoms with Crippen LogP contribution in [0.1, 0.15) is 24.0 Å². The van der Waals surface area contributed by atoms with Gasteiger partial charge in [-0.2, -0.15) is 12.2 Å². The zero-order chi connectivity index (χ0) is 16.7. The zero-order valence-electron chi connectivity index (χ0n) is 14.6. The molecule has 0 saturated carbocycles. The van der Waals surface area contributed by atoms with Crippen LogP contribution in [0.2, 0.25) is 0 Å². The van der Waals surface area contributed by atoms with E-state index >= 15 is 0 Å². The van der Waals surface area contributed by atoms with E-state index in [1.165, 1.54) is 11.1 Å². The Bertz CT molecular complexity index is 582. The zero-order valence-corrected chi connectivity index (χ0v) is 17.0. The van der Waals surface area contributed by atoms with Crippen LogP contribution in [0.3, 0.4) is 0 Å². The summed E-state index contributed by atoms with van der Waals surface area (Å²) >= 11 is 0. The third-order valence-corrected chi connectivity index (χ3v) is 3.56. The van der Waals surface area contributed by atoms with Crippen molar-refractivity contribution in [2.75, 3.05) is 0 Å². The summed E-state index contributed by atoms with van der Waals surface area (Å²) in [6.07, 6.45) is 22.3. The molecule has 4 rings (SSSR count). The van der Waals surface area contributed by atoms with Gasteiger partial charge in [0.2, 0.25) is 0 Å². The van der Waals surface area contributed by atoms with E-state index in [9.17, 15) is 0 Å². The molecule has 0 unspecified atom stereocenters. The van der Waals surface area contributed by atoms with Gasteiger partial charge in [0.05, 0.1) is 0 Å². The monoisotopic (exact) mass is 402 g/mol. The van der Waals surface area contributed by atoms with Gasteiger partial charge >= 0.3 is 26.2 Å². The van der Waals surface area contributed by atoms with Crippen molar-refractivity contribution in [2.45, 2.75) is 25.7 Å². The second-order valence-electron chi connectivity index (χ2n) is 5.48. The smallest absolute Gasteiger partial charge is 0.273 e.